The van der Waals surface area contributed by atoms with E-state index >= 15 is 0 Å². The summed E-state index contributed by atoms with van der Waals surface area (Å²) in [5.74, 6) is -0.928. The zero-order chi connectivity index (χ0) is 22.5. The molecular weight excluding hydrogens is 422 g/mol. The maximum Gasteiger partial charge on any atom is 0.341 e. The van der Waals surface area contributed by atoms with E-state index < -0.39 is 11.9 Å². The SMILES string of the molecule is CCOC(=O)c1c(NC(=O)/C(C#N)=C\c2ccc(N3CCCC3)cc2)sc2c1CCCC2. The third kappa shape index (κ3) is 4.71. The fourth-order valence-electron chi connectivity index (χ4n) is 4.32. The van der Waals surface area contributed by atoms with Gasteiger partial charge in [-0.25, -0.2) is 4.79 Å². The van der Waals surface area contributed by atoms with Gasteiger partial charge in [0.25, 0.3) is 5.91 Å². The number of benzene rings is 1. The second-order valence-corrected chi connectivity index (χ2v) is 9.15. The van der Waals surface area contributed by atoms with Crippen molar-refractivity contribution in [3.05, 3.63) is 51.4 Å². The second kappa shape index (κ2) is 10.0. The molecule has 0 spiro atoms. The number of hydrogen-bond donors (Lipinski definition) is 1. The molecule has 2 heterocycles. The smallest absolute Gasteiger partial charge is 0.341 e. The molecule has 1 fully saturated rings. The Morgan fingerprint density at radius 3 is 2.56 bits per heavy atom. The molecular formula is C25H27N3O3S. The molecule has 1 aromatic heterocycles. The van der Waals surface area contributed by atoms with Crippen molar-refractivity contribution in [1.29, 1.82) is 5.26 Å². The lowest BCUT2D eigenvalue weighted by molar-refractivity contribution is -0.112. The largest absolute Gasteiger partial charge is 0.462 e. The summed E-state index contributed by atoms with van der Waals surface area (Å²) in [7, 11) is 0. The summed E-state index contributed by atoms with van der Waals surface area (Å²) in [6.07, 6.45) is 7.79. The van der Waals surface area contributed by atoms with E-state index in [9.17, 15) is 14.9 Å². The molecule has 0 radical (unpaired) electrons. The van der Waals surface area contributed by atoms with Crippen molar-refractivity contribution in [2.75, 3.05) is 29.9 Å². The number of fused-ring (bicyclic) bond motifs is 1. The number of carbonyl (C=O) groups excluding carboxylic acids is 2. The van der Waals surface area contributed by atoms with Gasteiger partial charge < -0.3 is 15.0 Å². The Morgan fingerprint density at radius 2 is 1.88 bits per heavy atom. The fourth-order valence-corrected chi connectivity index (χ4v) is 5.59. The van der Waals surface area contributed by atoms with Crippen LogP contribution < -0.4 is 10.2 Å². The molecule has 6 nitrogen and oxygen atoms in total. The summed E-state index contributed by atoms with van der Waals surface area (Å²) in [4.78, 5) is 29.0. The minimum absolute atomic E-state index is 0.0000957. The molecule has 166 valence electrons. The molecule has 0 unspecified atom stereocenters. The number of esters is 1. The lowest BCUT2D eigenvalue weighted by Crippen LogP contribution is -2.17. The Morgan fingerprint density at radius 1 is 1.16 bits per heavy atom. The first-order valence-corrected chi connectivity index (χ1v) is 12.0. The summed E-state index contributed by atoms with van der Waals surface area (Å²) in [6, 6.07) is 9.90. The number of rotatable bonds is 6. The number of ether oxygens (including phenoxy) is 1. The highest BCUT2D eigenvalue weighted by Gasteiger charge is 2.27. The fraction of sp³-hybridized carbons (Fsp3) is 0.400. The predicted molar refractivity (Wildman–Crippen MR) is 127 cm³/mol. The molecule has 2 aliphatic rings. The lowest BCUT2D eigenvalue weighted by atomic mass is 9.95. The topological polar surface area (TPSA) is 82.4 Å². The van der Waals surface area contributed by atoms with Crippen LogP contribution in [-0.4, -0.2) is 31.6 Å². The summed E-state index contributed by atoms with van der Waals surface area (Å²) in [6.45, 7) is 4.16. The van der Waals surface area contributed by atoms with Gasteiger partial charge in [-0.1, -0.05) is 12.1 Å². The van der Waals surface area contributed by atoms with Crippen molar-refractivity contribution in [1.82, 2.24) is 0 Å². The summed E-state index contributed by atoms with van der Waals surface area (Å²) in [5, 5.41) is 12.9. The highest BCUT2D eigenvalue weighted by Crippen LogP contribution is 2.38. The molecule has 2 aromatic rings. The van der Waals surface area contributed by atoms with Crippen LogP contribution in [0.3, 0.4) is 0 Å². The van der Waals surface area contributed by atoms with Crippen LogP contribution in [0.1, 0.15) is 59.0 Å². The Balaban J connectivity index is 1.55. The normalized spacial score (nSPS) is 15.8. The Bertz CT molecular complexity index is 1070. The zero-order valence-electron chi connectivity index (χ0n) is 18.3. The number of carbonyl (C=O) groups is 2. The number of nitrogens with one attached hydrogen (secondary N) is 1. The lowest BCUT2D eigenvalue weighted by Gasteiger charge is -2.17. The van der Waals surface area contributed by atoms with E-state index in [1.54, 1.807) is 13.0 Å². The monoisotopic (exact) mass is 449 g/mol. The van der Waals surface area contributed by atoms with Gasteiger partial charge in [-0.3, -0.25) is 4.79 Å². The first-order valence-electron chi connectivity index (χ1n) is 11.2. The Hall–Kier alpha value is -3.11. The molecule has 1 aliphatic carbocycles. The van der Waals surface area contributed by atoms with Crippen molar-refractivity contribution in [3.8, 4) is 6.07 Å². The van der Waals surface area contributed by atoms with Crippen LogP contribution in [0.5, 0.6) is 0 Å². The maximum atomic E-state index is 12.9. The quantitative estimate of drug-likeness (QED) is 0.383. The van der Waals surface area contributed by atoms with Gasteiger partial charge in [0.2, 0.25) is 0 Å². The minimum atomic E-state index is -0.514. The van der Waals surface area contributed by atoms with Crippen LogP contribution >= 0.6 is 11.3 Å². The summed E-state index contributed by atoms with van der Waals surface area (Å²) in [5.41, 5.74) is 3.38. The highest BCUT2D eigenvalue weighted by atomic mass is 32.1. The number of aryl methyl sites for hydroxylation is 1. The van der Waals surface area contributed by atoms with Crippen molar-refractivity contribution in [2.45, 2.75) is 45.4 Å². The number of nitriles is 1. The molecule has 1 amide bonds. The van der Waals surface area contributed by atoms with Gasteiger partial charge in [-0.2, -0.15) is 5.26 Å². The van der Waals surface area contributed by atoms with Crippen LogP contribution in [0.2, 0.25) is 0 Å². The van der Waals surface area contributed by atoms with Crippen molar-refractivity contribution >= 4 is 40.0 Å². The average Bonchev–Trinajstić information content (AvgIpc) is 3.46. The number of thiophene rings is 1. The predicted octanol–water partition coefficient (Wildman–Crippen LogP) is 4.95. The van der Waals surface area contributed by atoms with Gasteiger partial charge in [-0.15, -0.1) is 11.3 Å². The van der Waals surface area contributed by atoms with Gasteiger partial charge in [0.05, 0.1) is 12.2 Å². The van der Waals surface area contributed by atoms with Gasteiger partial charge in [0.1, 0.15) is 16.6 Å². The van der Waals surface area contributed by atoms with Gasteiger partial charge in [-0.05, 0) is 74.8 Å². The van der Waals surface area contributed by atoms with Crippen LogP contribution in [0.25, 0.3) is 6.08 Å². The van der Waals surface area contributed by atoms with E-state index in [1.165, 1.54) is 24.2 Å². The number of nitrogens with zero attached hydrogens (tertiary/aromatic N) is 2. The number of hydrogen-bond acceptors (Lipinski definition) is 6. The molecule has 7 heteroatoms. The molecule has 0 saturated carbocycles. The first-order chi connectivity index (χ1) is 15.6. The molecule has 0 bridgehead atoms. The third-order valence-electron chi connectivity index (χ3n) is 5.92. The van der Waals surface area contributed by atoms with Gasteiger partial charge >= 0.3 is 5.97 Å². The van der Waals surface area contributed by atoms with Crippen molar-refractivity contribution in [2.24, 2.45) is 0 Å². The molecule has 4 rings (SSSR count). The zero-order valence-corrected chi connectivity index (χ0v) is 19.1. The first kappa shape index (κ1) is 22.1. The van der Waals surface area contributed by atoms with E-state index in [0.29, 0.717) is 10.6 Å². The van der Waals surface area contributed by atoms with E-state index in [2.05, 4.69) is 10.2 Å². The van der Waals surface area contributed by atoms with Gasteiger partial charge in [0.15, 0.2) is 0 Å². The molecule has 0 atom stereocenters. The number of amides is 1. The molecule has 1 aliphatic heterocycles. The Kier molecular flexibility index (Phi) is 6.91. The molecule has 1 aromatic carbocycles. The van der Waals surface area contributed by atoms with Crippen LogP contribution in [0.15, 0.2) is 29.8 Å². The molecule has 1 N–H and O–H groups in total. The minimum Gasteiger partial charge on any atom is -0.462 e. The van der Waals surface area contributed by atoms with Gasteiger partial charge in [0, 0.05) is 23.7 Å². The average molecular weight is 450 g/mol. The summed E-state index contributed by atoms with van der Waals surface area (Å²) < 4.78 is 5.24. The highest BCUT2D eigenvalue weighted by molar-refractivity contribution is 7.17. The number of anilines is 2. The Labute approximate surface area is 192 Å². The van der Waals surface area contributed by atoms with Crippen LogP contribution in [0.4, 0.5) is 10.7 Å². The third-order valence-corrected chi connectivity index (χ3v) is 7.13. The summed E-state index contributed by atoms with van der Waals surface area (Å²) >= 11 is 1.42. The second-order valence-electron chi connectivity index (χ2n) is 8.05. The van der Waals surface area contributed by atoms with Crippen molar-refractivity contribution < 1.29 is 14.3 Å². The van der Waals surface area contributed by atoms with E-state index in [-0.39, 0.29) is 12.2 Å². The van der Waals surface area contributed by atoms with Crippen molar-refractivity contribution in [3.63, 3.8) is 0 Å². The maximum absolute atomic E-state index is 12.9. The van der Waals surface area contributed by atoms with E-state index in [0.717, 1.165) is 60.5 Å². The van der Waals surface area contributed by atoms with Crippen LogP contribution in [-0.2, 0) is 22.4 Å². The van der Waals surface area contributed by atoms with E-state index in [4.69, 9.17) is 4.74 Å². The molecule has 1 saturated heterocycles. The standard InChI is InChI=1S/C25H27N3O3S/c1-2-31-25(30)22-20-7-3-4-8-21(20)32-24(22)27-23(29)18(16-26)15-17-9-11-19(12-10-17)28-13-5-6-14-28/h9-12,15H,2-8,13-14H2,1H3,(H,27,29)/b18-15-. The van der Waals surface area contributed by atoms with E-state index in [1.807, 2.05) is 30.3 Å². The molecule has 32 heavy (non-hydrogen) atoms. The van der Waals surface area contributed by atoms with Crippen LogP contribution in [0, 0.1) is 11.3 Å².